The van der Waals surface area contributed by atoms with Gasteiger partial charge in [0.1, 0.15) is 11.6 Å². The van der Waals surface area contributed by atoms with Gasteiger partial charge in [-0.05, 0) is 47.2 Å². The maximum atomic E-state index is 12.3. The second-order valence-corrected chi connectivity index (χ2v) is 10.6. The van der Waals surface area contributed by atoms with Gasteiger partial charge < -0.3 is 9.32 Å². The predicted octanol–water partition coefficient (Wildman–Crippen LogP) is 4.75. The highest BCUT2D eigenvalue weighted by Gasteiger charge is 2.25. The molecule has 0 fully saturated rings. The van der Waals surface area contributed by atoms with Crippen molar-refractivity contribution in [3.8, 4) is 0 Å². The fourth-order valence-corrected chi connectivity index (χ4v) is 5.64. The summed E-state index contributed by atoms with van der Waals surface area (Å²) >= 11 is 1.62. The van der Waals surface area contributed by atoms with Crippen LogP contribution in [0.5, 0.6) is 0 Å². The van der Waals surface area contributed by atoms with Crippen LogP contribution >= 0.6 is 11.8 Å². The van der Waals surface area contributed by atoms with E-state index in [1.54, 1.807) is 17.8 Å². The molecule has 1 atom stereocenters. The summed E-state index contributed by atoms with van der Waals surface area (Å²) in [5.41, 5.74) is 4.91. The zero-order valence-corrected chi connectivity index (χ0v) is 22.3. The Morgan fingerprint density at radius 2 is 1.83 bits per heavy atom. The summed E-state index contributed by atoms with van der Waals surface area (Å²) in [5, 5.41) is 11.1. The lowest BCUT2D eigenvalue weighted by Gasteiger charge is -2.20. The molecule has 1 N–H and O–H groups in total. The van der Waals surface area contributed by atoms with E-state index in [4.69, 9.17) is 4.42 Å². The smallest absolute Gasteiger partial charge is 0.336 e. The van der Waals surface area contributed by atoms with E-state index in [1.807, 2.05) is 12.1 Å². The number of aryl methyl sites for hydroxylation is 1. The van der Waals surface area contributed by atoms with Crippen LogP contribution < -0.4 is 10.5 Å². The number of hydrogen-bond acceptors (Lipinski definition) is 5. The Balaban J connectivity index is 1.72. The topological polar surface area (TPSA) is 65.4 Å². The van der Waals surface area contributed by atoms with Crippen LogP contribution in [-0.2, 0) is 12.3 Å². The molecule has 2 heterocycles. The molecule has 184 valence electrons. The van der Waals surface area contributed by atoms with Crippen molar-refractivity contribution >= 4 is 22.7 Å². The van der Waals surface area contributed by atoms with Crippen LogP contribution in [0.2, 0.25) is 0 Å². The molecule has 6 nitrogen and oxygen atoms in total. The molecular formula is C28H35N4O2S+. The Morgan fingerprint density at radius 3 is 2.49 bits per heavy atom. The fraction of sp³-hybridized carbons (Fsp3) is 0.393. The molecule has 0 saturated heterocycles. The van der Waals surface area contributed by atoms with Crippen molar-refractivity contribution in [1.82, 2.24) is 14.8 Å². The quantitative estimate of drug-likeness (QED) is 0.270. The summed E-state index contributed by atoms with van der Waals surface area (Å²) in [6.07, 6.45) is 0.974. The minimum Gasteiger partial charge on any atom is -0.423 e. The molecule has 0 radical (unpaired) electrons. The van der Waals surface area contributed by atoms with Crippen LogP contribution in [0.25, 0.3) is 11.0 Å². The van der Waals surface area contributed by atoms with Gasteiger partial charge in [-0.3, -0.25) is 4.57 Å². The van der Waals surface area contributed by atoms with Gasteiger partial charge in [-0.25, -0.2) is 4.79 Å². The Labute approximate surface area is 211 Å². The molecule has 7 heteroatoms. The largest absolute Gasteiger partial charge is 0.423 e. The Hall–Kier alpha value is -2.90. The van der Waals surface area contributed by atoms with E-state index in [0.717, 1.165) is 33.9 Å². The monoisotopic (exact) mass is 491 g/mol. The molecular weight excluding hydrogens is 456 g/mol. The van der Waals surface area contributed by atoms with Gasteiger partial charge in [0, 0.05) is 23.6 Å². The second-order valence-electron chi connectivity index (χ2n) is 9.69. The van der Waals surface area contributed by atoms with E-state index in [-0.39, 0.29) is 11.7 Å². The number of nitrogens with one attached hydrogen (secondary N) is 1. The number of rotatable bonds is 9. The standard InChI is InChI=1S/C28H34N4O2S/c1-7-24(31(5)6)27-29-30-28(32(27)16-20-11-9-8-10-12-20)35-17-21-14-26(33)34-25-13-19(4)22(18(2)3)15-23(21)25/h8-15,18,24H,7,16-17H2,1-6H3/p+1/t24-/m1/s1. The third-order valence-corrected chi connectivity index (χ3v) is 7.56. The number of thioether (sulfide) groups is 1. The third-order valence-electron chi connectivity index (χ3n) is 6.54. The Morgan fingerprint density at radius 1 is 1.09 bits per heavy atom. The summed E-state index contributed by atoms with van der Waals surface area (Å²) in [6.45, 7) is 9.35. The molecule has 4 rings (SSSR count). The van der Waals surface area contributed by atoms with Crippen LogP contribution in [0.1, 0.15) is 67.2 Å². The van der Waals surface area contributed by atoms with E-state index in [9.17, 15) is 4.79 Å². The van der Waals surface area contributed by atoms with Gasteiger partial charge in [0.25, 0.3) is 0 Å². The molecule has 0 bridgehead atoms. The average molecular weight is 492 g/mol. The third kappa shape index (κ3) is 5.52. The zero-order chi connectivity index (χ0) is 25.1. The van der Waals surface area contributed by atoms with E-state index in [2.05, 4.69) is 86.9 Å². The summed E-state index contributed by atoms with van der Waals surface area (Å²) in [6, 6.07) is 16.5. The van der Waals surface area contributed by atoms with Gasteiger partial charge in [0.05, 0.1) is 20.6 Å². The van der Waals surface area contributed by atoms with Crippen LogP contribution in [0.15, 0.2) is 62.9 Å². The Kier molecular flexibility index (Phi) is 7.77. The normalized spacial score (nSPS) is 12.7. The minimum absolute atomic E-state index is 0.252. The van der Waals surface area contributed by atoms with Crippen LogP contribution in [-0.4, -0.2) is 28.9 Å². The molecule has 0 aliphatic rings. The average Bonchev–Trinajstić information content (AvgIpc) is 3.19. The number of hydrogen-bond donors (Lipinski definition) is 1. The molecule has 2 aromatic heterocycles. The predicted molar refractivity (Wildman–Crippen MR) is 142 cm³/mol. The molecule has 35 heavy (non-hydrogen) atoms. The first-order valence-electron chi connectivity index (χ1n) is 12.3. The van der Waals surface area contributed by atoms with Crippen molar-refractivity contribution in [3.05, 3.63) is 87.0 Å². The highest BCUT2D eigenvalue weighted by Crippen LogP contribution is 2.31. The minimum atomic E-state index is -0.321. The first-order chi connectivity index (χ1) is 16.8. The summed E-state index contributed by atoms with van der Waals surface area (Å²) in [7, 11) is 4.32. The van der Waals surface area contributed by atoms with E-state index in [0.29, 0.717) is 23.8 Å². The number of nitrogens with zero attached hydrogens (tertiary/aromatic N) is 3. The lowest BCUT2D eigenvalue weighted by atomic mass is 9.95. The van der Waals surface area contributed by atoms with E-state index < -0.39 is 0 Å². The van der Waals surface area contributed by atoms with Crippen molar-refractivity contribution in [2.75, 3.05) is 14.1 Å². The van der Waals surface area contributed by atoms with Crippen molar-refractivity contribution in [1.29, 1.82) is 0 Å². The highest BCUT2D eigenvalue weighted by atomic mass is 32.2. The molecule has 0 aliphatic carbocycles. The first-order valence-corrected chi connectivity index (χ1v) is 13.2. The molecule has 2 aromatic carbocycles. The first kappa shape index (κ1) is 25.2. The fourth-order valence-electron chi connectivity index (χ4n) is 4.70. The van der Waals surface area contributed by atoms with Crippen LogP contribution in [0, 0.1) is 6.92 Å². The van der Waals surface area contributed by atoms with Crippen molar-refractivity contribution in [2.45, 2.75) is 63.5 Å². The zero-order valence-electron chi connectivity index (χ0n) is 21.5. The van der Waals surface area contributed by atoms with Gasteiger partial charge in [0.2, 0.25) is 0 Å². The second kappa shape index (κ2) is 10.8. The summed E-state index contributed by atoms with van der Waals surface area (Å²) in [5.74, 6) is 2.00. The summed E-state index contributed by atoms with van der Waals surface area (Å²) < 4.78 is 7.78. The van der Waals surface area contributed by atoms with Gasteiger partial charge in [-0.2, -0.15) is 0 Å². The number of aromatic nitrogens is 3. The van der Waals surface area contributed by atoms with E-state index in [1.165, 1.54) is 16.0 Å². The maximum absolute atomic E-state index is 12.3. The lowest BCUT2D eigenvalue weighted by Crippen LogP contribution is -3.06. The van der Waals surface area contributed by atoms with Gasteiger partial charge in [0.15, 0.2) is 11.0 Å². The van der Waals surface area contributed by atoms with Crippen molar-refractivity contribution in [2.24, 2.45) is 0 Å². The van der Waals surface area contributed by atoms with Crippen molar-refractivity contribution in [3.63, 3.8) is 0 Å². The molecule has 0 unspecified atom stereocenters. The Bertz CT molecular complexity index is 1360. The number of fused-ring (bicyclic) bond motifs is 1. The van der Waals surface area contributed by atoms with E-state index >= 15 is 0 Å². The molecule has 0 amide bonds. The molecule has 0 spiro atoms. The number of quaternary nitrogens is 1. The molecule has 0 aliphatic heterocycles. The maximum Gasteiger partial charge on any atom is 0.336 e. The number of benzene rings is 2. The molecule has 4 aromatic rings. The highest BCUT2D eigenvalue weighted by molar-refractivity contribution is 7.98. The SMILES string of the molecule is CC[C@H](c1nnc(SCc2cc(=O)oc3cc(C)c(C(C)C)cc23)n1Cc1ccccc1)[NH+](C)C. The van der Waals surface area contributed by atoms with Gasteiger partial charge >= 0.3 is 5.63 Å². The molecule has 0 saturated carbocycles. The van der Waals surface area contributed by atoms with Crippen LogP contribution in [0.4, 0.5) is 0 Å². The van der Waals surface area contributed by atoms with Crippen molar-refractivity contribution < 1.29 is 9.32 Å². The van der Waals surface area contributed by atoms with Gasteiger partial charge in [-0.15, -0.1) is 10.2 Å². The lowest BCUT2D eigenvalue weighted by molar-refractivity contribution is -0.893. The van der Waals surface area contributed by atoms with Crippen LogP contribution in [0.3, 0.4) is 0 Å². The van der Waals surface area contributed by atoms with Gasteiger partial charge in [-0.1, -0.05) is 62.9 Å². The summed E-state index contributed by atoms with van der Waals surface area (Å²) in [4.78, 5) is 13.7.